The minimum absolute atomic E-state index is 0. The molecule has 1 aliphatic rings. The van der Waals surface area contributed by atoms with Gasteiger partial charge >= 0.3 is 0 Å². The number of aryl methyl sites for hydroxylation is 2. The number of guanidine groups is 1. The normalized spacial score (nSPS) is 17.9. The van der Waals surface area contributed by atoms with E-state index in [0.29, 0.717) is 0 Å². The van der Waals surface area contributed by atoms with Gasteiger partial charge in [0.05, 0.1) is 0 Å². The predicted molar refractivity (Wildman–Crippen MR) is 117 cm³/mol. The van der Waals surface area contributed by atoms with Crippen LogP contribution in [0.2, 0.25) is 0 Å². The highest BCUT2D eigenvalue weighted by atomic mass is 127. The maximum absolute atomic E-state index is 4.49. The quantitative estimate of drug-likeness (QED) is 0.276. The molecule has 5 nitrogen and oxygen atoms in total. The molecule has 1 aliphatic heterocycles. The Labute approximate surface area is 170 Å². The van der Waals surface area contributed by atoms with Crippen LogP contribution in [0.5, 0.6) is 0 Å². The zero-order valence-electron chi connectivity index (χ0n) is 16.4. The second kappa shape index (κ2) is 11.8. The number of nitrogens with one attached hydrogen (secondary N) is 1. The van der Waals surface area contributed by atoms with Crippen LogP contribution in [0.3, 0.4) is 0 Å². The van der Waals surface area contributed by atoms with Gasteiger partial charge in [-0.15, -0.1) is 24.0 Å². The van der Waals surface area contributed by atoms with Crippen LogP contribution >= 0.6 is 24.0 Å². The predicted octanol–water partition coefficient (Wildman–Crippen LogP) is 3.92. The number of hydrogen-bond acceptors (Lipinski definition) is 2. The first kappa shape index (κ1) is 22.3. The van der Waals surface area contributed by atoms with Crippen LogP contribution in [0.4, 0.5) is 0 Å². The molecule has 0 aromatic carbocycles. The van der Waals surface area contributed by atoms with Gasteiger partial charge in [0, 0.05) is 45.6 Å². The molecule has 1 saturated heterocycles. The SMILES string of the molecule is CCC(CC)C1CCN(C(=NC)NCCCCn2ccnc2C)C1.I. The Morgan fingerprint density at radius 3 is 2.72 bits per heavy atom. The molecule has 0 aliphatic carbocycles. The molecule has 1 unspecified atom stereocenters. The molecule has 2 heterocycles. The number of aromatic nitrogens is 2. The summed E-state index contributed by atoms with van der Waals surface area (Å²) in [6, 6.07) is 0. The van der Waals surface area contributed by atoms with Gasteiger partial charge in [-0.2, -0.15) is 0 Å². The van der Waals surface area contributed by atoms with Crippen molar-refractivity contribution in [1.82, 2.24) is 19.8 Å². The molecule has 2 rings (SSSR count). The third-order valence-electron chi connectivity index (χ3n) is 5.48. The molecule has 0 bridgehead atoms. The van der Waals surface area contributed by atoms with Crippen molar-refractivity contribution in [3.63, 3.8) is 0 Å². The fourth-order valence-electron chi connectivity index (χ4n) is 3.90. The molecule has 1 atom stereocenters. The highest BCUT2D eigenvalue weighted by molar-refractivity contribution is 14.0. The van der Waals surface area contributed by atoms with E-state index in [4.69, 9.17) is 0 Å². The molecule has 1 aromatic heterocycles. The minimum Gasteiger partial charge on any atom is -0.356 e. The zero-order chi connectivity index (χ0) is 17.4. The van der Waals surface area contributed by atoms with Gasteiger partial charge in [-0.05, 0) is 38.0 Å². The lowest BCUT2D eigenvalue weighted by molar-refractivity contribution is 0.319. The van der Waals surface area contributed by atoms with Crippen molar-refractivity contribution in [1.29, 1.82) is 0 Å². The molecular formula is C19H36IN5. The Morgan fingerprint density at radius 1 is 1.36 bits per heavy atom. The third kappa shape index (κ3) is 6.46. The number of aliphatic imine (C=N–C) groups is 1. The van der Waals surface area contributed by atoms with Crippen molar-refractivity contribution in [3.05, 3.63) is 18.2 Å². The number of rotatable bonds is 8. The summed E-state index contributed by atoms with van der Waals surface area (Å²) in [4.78, 5) is 11.2. The van der Waals surface area contributed by atoms with Crippen LogP contribution in [0.15, 0.2) is 17.4 Å². The molecular weight excluding hydrogens is 425 g/mol. The molecule has 6 heteroatoms. The Bertz CT molecular complexity index is 510. The molecule has 1 N–H and O–H groups in total. The standard InChI is InChI=1S/C19H35N5.HI/c1-5-17(6-2)18-9-13-24(15-18)19(20-4)22-10-7-8-12-23-14-11-21-16(23)3;/h11,14,17-18H,5-10,12-13,15H2,1-4H3,(H,20,22);1H. The molecule has 144 valence electrons. The summed E-state index contributed by atoms with van der Waals surface area (Å²) in [6.07, 6.45) is 10.2. The van der Waals surface area contributed by atoms with Gasteiger partial charge < -0.3 is 14.8 Å². The van der Waals surface area contributed by atoms with Gasteiger partial charge in [0.2, 0.25) is 0 Å². The van der Waals surface area contributed by atoms with Crippen LogP contribution in [-0.4, -0.2) is 47.1 Å². The average Bonchev–Trinajstić information content (AvgIpc) is 3.22. The largest absolute Gasteiger partial charge is 0.356 e. The zero-order valence-corrected chi connectivity index (χ0v) is 18.7. The van der Waals surface area contributed by atoms with Gasteiger partial charge in [0.15, 0.2) is 5.96 Å². The fraction of sp³-hybridized carbons (Fsp3) is 0.789. The van der Waals surface area contributed by atoms with E-state index in [1.54, 1.807) is 0 Å². The maximum Gasteiger partial charge on any atom is 0.193 e. The monoisotopic (exact) mass is 461 g/mol. The molecule has 1 aromatic rings. The van der Waals surface area contributed by atoms with Crippen molar-refractivity contribution in [3.8, 4) is 0 Å². The summed E-state index contributed by atoms with van der Waals surface area (Å²) in [5, 5.41) is 3.55. The van der Waals surface area contributed by atoms with Crippen molar-refractivity contribution in [2.45, 2.75) is 59.4 Å². The lowest BCUT2D eigenvalue weighted by Gasteiger charge is -2.24. The molecule has 1 fully saturated rings. The van der Waals surface area contributed by atoms with Gasteiger partial charge in [0.25, 0.3) is 0 Å². The fourth-order valence-corrected chi connectivity index (χ4v) is 3.90. The molecule has 0 spiro atoms. The van der Waals surface area contributed by atoms with Crippen LogP contribution < -0.4 is 5.32 Å². The van der Waals surface area contributed by atoms with Crippen LogP contribution in [-0.2, 0) is 6.54 Å². The summed E-state index contributed by atoms with van der Waals surface area (Å²) in [6.45, 7) is 11.1. The summed E-state index contributed by atoms with van der Waals surface area (Å²) in [5.41, 5.74) is 0. The van der Waals surface area contributed by atoms with Gasteiger partial charge in [0.1, 0.15) is 5.82 Å². The lowest BCUT2D eigenvalue weighted by Crippen LogP contribution is -2.40. The number of imidazole rings is 1. The van der Waals surface area contributed by atoms with Crippen molar-refractivity contribution >= 4 is 29.9 Å². The number of hydrogen-bond donors (Lipinski definition) is 1. The second-order valence-corrected chi connectivity index (χ2v) is 6.92. The first-order chi connectivity index (χ1) is 11.7. The molecule has 0 radical (unpaired) electrons. The Hall–Kier alpha value is -0.790. The molecule has 25 heavy (non-hydrogen) atoms. The van der Waals surface area contributed by atoms with E-state index in [1.165, 1.54) is 25.8 Å². The molecule has 0 saturated carbocycles. The number of nitrogens with zero attached hydrogens (tertiary/aromatic N) is 4. The number of halogens is 1. The van der Waals surface area contributed by atoms with Gasteiger partial charge in [-0.3, -0.25) is 4.99 Å². The maximum atomic E-state index is 4.49. The van der Waals surface area contributed by atoms with E-state index in [2.05, 4.69) is 51.7 Å². The van der Waals surface area contributed by atoms with Crippen molar-refractivity contribution < 1.29 is 0 Å². The summed E-state index contributed by atoms with van der Waals surface area (Å²) in [5.74, 6) is 3.89. The van der Waals surface area contributed by atoms with Gasteiger partial charge in [-0.1, -0.05) is 26.7 Å². The van der Waals surface area contributed by atoms with E-state index in [-0.39, 0.29) is 24.0 Å². The first-order valence-corrected chi connectivity index (χ1v) is 9.62. The Morgan fingerprint density at radius 2 is 2.12 bits per heavy atom. The highest BCUT2D eigenvalue weighted by Crippen LogP contribution is 2.28. The van der Waals surface area contributed by atoms with E-state index < -0.39 is 0 Å². The average molecular weight is 461 g/mol. The smallest absolute Gasteiger partial charge is 0.193 e. The Kier molecular flexibility index (Phi) is 10.5. The highest BCUT2D eigenvalue weighted by Gasteiger charge is 2.29. The van der Waals surface area contributed by atoms with Crippen LogP contribution in [0.1, 0.15) is 51.8 Å². The van der Waals surface area contributed by atoms with E-state index in [0.717, 1.165) is 56.1 Å². The van der Waals surface area contributed by atoms with Crippen LogP contribution in [0.25, 0.3) is 0 Å². The summed E-state index contributed by atoms with van der Waals surface area (Å²) >= 11 is 0. The number of unbranched alkanes of at least 4 members (excludes halogenated alkanes) is 1. The van der Waals surface area contributed by atoms with Crippen LogP contribution in [0, 0.1) is 18.8 Å². The first-order valence-electron chi connectivity index (χ1n) is 9.62. The Balaban J connectivity index is 0.00000312. The topological polar surface area (TPSA) is 45.5 Å². The van der Waals surface area contributed by atoms with Gasteiger partial charge in [-0.25, -0.2) is 4.98 Å². The third-order valence-corrected chi connectivity index (χ3v) is 5.48. The number of likely N-dealkylation sites (tertiary alicyclic amines) is 1. The minimum atomic E-state index is 0. The van der Waals surface area contributed by atoms with E-state index in [9.17, 15) is 0 Å². The van der Waals surface area contributed by atoms with E-state index in [1.807, 2.05) is 13.2 Å². The second-order valence-electron chi connectivity index (χ2n) is 6.92. The lowest BCUT2D eigenvalue weighted by atomic mass is 9.87. The van der Waals surface area contributed by atoms with Crippen molar-refractivity contribution in [2.24, 2.45) is 16.8 Å². The van der Waals surface area contributed by atoms with E-state index >= 15 is 0 Å². The summed E-state index contributed by atoms with van der Waals surface area (Å²) in [7, 11) is 1.90. The van der Waals surface area contributed by atoms with Crippen molar-refractivity contribution in [2.75, 3.05) is 26.7 Å². The molecule has 0 amide bonds. The summed E-state index contributed by atoms with van der Waals surface area (Å²) < 4.78 is 2.22.